The van der Waals surface area contributed by atoms with Crippen LogP contribution in [0, 0.1) is 19.3 Å². The first-order chi connectivity index (χ1) is 20.2. The third-order valence-corrected chi connectivity index (χ3v) is 11.9. The Morgan fingerprint density at radius 3 is 2.16 bits per heavy atom. The minimum Gasteiger partial charge on any atom is -0.497 e. The summed E-state index contributed by atoms with van der Waals surface area (Å²) in [6.45, 7) is 7.74. The number of anilines is 1. The van der Waals surface area contributed by atoms with Crippen molar-refractivity contribution in [3.8, 4) is 5.75 Å². The van der Waals surface area contributed by atoms with Gasteiger partial charge in [-0.1, -0.05) is 12.1 Å². The molecule has 1 amide bonds. The van der Waals surface area contributed by atoms with Crippen LogP contribution in [-0.2, 0) is 23.0 Å². The number of carbonyl (C=O) groups excluding carboxylic acids is 1. The molecule has 3 aliphatic rings. The van der Waals surface area contributed by atoms with Gasteiger partial charge in [0.2, 0.25) is 10.0 Å². The predicted molar refractivity (Wildman–Crippen MR) is 171 cm³/mol. The van der Waals surface area contributed by atoms with E-state index in [1.54, 1.807) is 33.1 Å². The molecule has 0 N–H and O–H groups in total. The highest BCUT2D eigenvalue weighted by Crippen LogP contribution is 2.42. The number of hydrogen-bond donors (Lipinski definition) is 0. The number of pyridine rings is 1. The highest BCUT2D eigenvalue weighted by molar-refractivity contribution is 7.89. The molecule has 230 valence electrons. The topological polar surface area (TPSA) is 83.0 Å². The Balaban J connectivity index is 0.00000368. The van der Waals surface area contributed by atoms with E-state index in [1.165, 1.54) is 9.99 Å². The molecule has 2 fully saturated rings. The van der Waals surface area contributed by atoms with Crippen LogP contribution in [0.1, 0.15) is 58.3 Å². The lowest BCUT2D eigenvalue weighted by Gasteiger charge is -2.47. The highest BCUT2D eigenvalue weighted by atomic mass is 35.5. The third-order valence-electron chi connectivity index (χ3n) is 9.70. The van der Waals surface area contributed by atoms with E-state index in [9.17, 15) is 13.2 Å². The number of hydrogen-bond acceptors (Lipinski definition) is 6. The molecule has 1 aromatic heterocycles. The Morgan fingerprint density at radius 2 is 1.53 bits per heavy atom. The summed E-state index contributed by atoms with van der Waals surface area (Å²) in [4.78, 5) is 22.8. The van der Waals surface area contributed by atoms with Crippen LogP contribution >= 0.6 is 12.4 Å². The van der Waals surface area contributed by atoms with Gasteiger partial charge in [-0.2, -0.15) is 4.31 Å². The van der Waals surface area contributed by atoms with Gasteiger partial charge in [-0.05, 0) is 104 Å². The van der Waals surface area contributed by atoms with Crippen molar-refractivity contribution in [1.29, 1.82) is 0 Å². The van der Waals surface area contributed by atoms with Gasteiger partial charge in [-0.15, -0.1) is 12.4 Å². The van der Waals surface area contributed by atoms with E-state index < -0.39 is 10.0 Å². The number of ether oxygens (including phenoxy) is 1. The van der Waals surface area contributed by atoms with Crippen molar-refractivity contribution in [2.45, 2.75) is 57.4 Å². The van der Waals surface area contributed by atoms with Gasteiger partial charge in [-0.25, -0.2) is 8.42 Å². The normalized spacial score (nSPS) is 18.6. The van der Waals surface area contributed by atoms with Crippen molar-refractivity contribution in [1.82, 2.24) is 14.2 Å². The lowest BCUT2D eigenvalue weighted by atomic mass is 9.71. The van der Waals surface area contributed by atoms with Crippen LogP contribution in [0.3, 0.4) is 0 Å². The summed E-state index contributed by atoms with van der Waals surface area (Å²) in [5.74, 6) is 0.662. The van der Waals surface area contributed by atoms with E-state index in [0.29, 0.717) is 40.3 Å². The maximum atomic E-state index is 13.9. The number of likely N-dealkylation sites (tertiary alicyclic amines) is 1. The van der Waals surface area contributed by atoms with E-state index in [2.05, 4.69) is 22.0 Å². The molecule has 1 spiro atoms. The number of amides is 1. The Morgan fingerprint density at radius 1 is 0.907 bits per heavy atom. The average Bonchev–Trinajstić information content (AvgIpc) is 3.01. The first kappa shape index (κ1) is 31.3. The Bertz CT molecular complexity index is 1560. The second-order valence-corrected chi connectivity index (χ2v) is 14.0. The molecular formula is C33H41ClN4O4S. The number of benzene rings is 2. The first-order valence-corrected chi connectivity index (χ1v) is 16.4. The molecule has 3 aromatic rings. The van der Waals surface area contributed by atoms with E-state index in [0.717, 1.165) is 63.0 Å². The van der Waals surface area contributed by atoms with E-state index in [-0.39, 0.29) is 30.3 Å². The number of sulfonamides is 1. The van der Waals surface area contributed by atoms with Crippen LogP contribution in [0.25, 0.3) is 0 Å². The van der Waals surface area contributed by atoms with Crippen LogP contribution in [0.2, 0.25) is 0 Å². The summed E-state index contributed by atoms with van der Waals surface area (Å²) >= 11 is 0. The number of aromatic nitrogens is 1. The number of nitrogens with zero attached hydrogens (tertiary/aromatic N) is 4. The number of methoxy groups -OCH3 is 1. The Hall–Kier alpha value is -3.14. The van der Waals surface area contributed by atoms with Gasteiger partial charge in [0.05, 0.1) is 12.0 Å². The van der Waals surface area contributed by atoms with Crippen molar-refractivity contribution in [3.63, 3.8) is 0 Å². The molecule has 0 atom stereocenters. The molecular weight excluding hydrogens is 584 g/mol. The fourth-order valence-corrected chi connectivity index (χ4v) is 9.00. The molecule has 0 unspecified atom stereocenters. The lowest BCUT2D eigenvalue weighted by Crippen LogP contribution is -2.48. The van der Waals surface area contributed by atoms with Gasteiger partial charge in [-0.3, -0.25) is 9.78 Å². The molecule has 4 heterocycles. The summed E-state index contributed by atoms with van der Waals surface area (Å²) in [6, 6.07) is 13.5. The molecule has 2 aromatic carbocycles. The zero-order chi connectivity index (χ0) is 29.5. The largest absolute Gasteiger partial charge is 0.497 e. The van der Waals surface area contributed by atoms with Gasteiger partial charge in [0, 0.05) is 62.9 Å². The zero-order valence-electron chi connectivity index (χ0n) is 25.2. The monoisotopic (exact) mass is 624 g/mol. The number of piperidine rings is 2. The molecule has 3 aliphatic heterocycles. The molecule has 8 nitrogen and oxygen atoms in total. The van der Waals surface area contributed by atoms with Crippen LogP contribution < -0.4 is 9.64 Å². The quantitative estimate of drug-likeness (QED) is 0.378. The minimum atomic E-state index is -3.76. The molecule has 0 aliphatic carbocycles. The van der Waals surface area contributed by atoms with Crippen LogP contribution in [-0.4, -0.2) is 68.3 Å². The second kappa shape index (κ2) is 12.5. The van der Waals surface area contributed by atoms with Gasteiger partial charge in [0.25, 0.3) is 5.91 Å². The Labute approximate surface area is 261 Å². The number of halogens is 1. The third kappa shape index (κ3) is 5.99. The van der Waals surface area contributed by atoms with Crippen molar-refractivity contribution in [2.24, 2.45) is 5.41 Å². The molecule has 43 heavy (non-hydrogen) atoms. The fourth-order valence-electron chi connectivity index (χ4n) is 7.17. The van der Waals surface area contributed by atoms with E-state index in [1.807, 2.05) is 35.5 Å². The molecule has 2 saturated heterocycles. The van der Waals surface area contributed by atoms with Crippen molar-refractivity contribution in [3.05, 3.63) is 82.7 Å². The predicted octanol–water partition coefficient (Wildman–Crippen LogP) is 5.40. The highest BCUT2D eigenvalue weighted by Gasteiger charge is 2.40. The zero-order valence-corrected chi connectivity index (χ0v) is 26.8. The smallest absolute Gasteiger partial charge is 0.254 e. The number of aryl methyl sites for hydroxylation is 2. The fraction of sp³-hybridized carbons (Fsp3) is 0.455. The van der Waals surface area contributed by atoms with Gasteiger partial charge < -0.3 is 14.5 Å². The van der Waals surface area contributed by atoms with Gasteiger partial charge in [0.1, 0.15) is 5.75 Å². The second-order valence-electron chi connectivity index (χ2n) is 12.1. The first-order valence-electron chi connectivity index (χ1n) is 14.9. The molecule has 0 bridgehead atoms. The van der Waals surface area contributed by atoms with Crippen LogP contribution in [0.5, 0.6) is 5.75 Å². The number of rotatable bonds is 5. The molecule has 0 radical (unpaired) electrons. The summed E-state index contributed by atoms with van der Waals surface area (Å²) in [5.41, 5.74) is 5.38. The van der Waals surface area contributed by atoms with Gasteiger partial charge >= 0.3 is 0 Å². The minimum absolute atomic E-state index is 0. The summed E-state index contributed by atoms with van der Waals surface area (Å²) in [7, 11) is -2.18. The van der Waals surface area contributed by atoms with E-state index >= 15 is 0 Å². The lowest BCUT2D eigenvalue weighted by molar-refractivity contribution is 0.0513. The Kier molecular flexibility index (Phi) is 9.07. The summed E-state index contributed by atoms with van der Waals surface area (Å²) in [6.07, 6.45) is 8.57. The van der Waals surface area contributed by atoms with Crippen LogP contribution in [0.4, 0.5) is 5.69 Å². The number of fused-ring (bicyclic) bond motifs is 1. The maximum absolute atomic E-state index is 13.9. The standard InChI is InChI=1S/C33H40N4O4S.ClH/c1-24-21-28(41-3)22-25(2)31(24)42(39,40)37-16-9-26-5-4-6-29(30(26)23-37)32(38)36-19-12-33(13-20-36)10-17-35(18-11-33)27-7-14-34-15-8-27;/h4-8,14-15,21-22H,9-13,16-20,23H2,1-3H3;1H. The molecule has 10 heteroatoms. The van der Waals surface area contributed by atoms with Gasteiger partial charge in [0.15, 0.2) is 0 Å². The summed E-state index contributed by atoms with van der Waals surface area (Å²) in [5, 5.41) is 0. The number of carbonyl (C=O) groups is 1. The van der Waals surface area contributed by atoms with Crippen molar-refractivity contribution in [2.75, 3.05) is 44.7 Å². The van der Waals surface area contributed by atoms with E-state index in [4.69, 9.17) is 4.74 Å². The van der Waals surface area contributed by atoms with Crippen molar-refractivity contribution < 1.29 is 17.9 Å². The summed E-state index contributed by atoms with van der Waals surface area (Å²) < 4.78 is 34.7. The maximum Gasteiger partial charge on any atom is 0.254 e. The average molecular weight is 625 g/mol. The van der Waals surface area contributed by atoms with Crippen LogP contribution in [0.15, 0.2) is 59.8 Å². The van der Waals surface area contributed by atoms with Crippen molar-refractivity contribution >= 4 is 34.0 Å². The molecule has 6 rings (SSSR count). The molecule has 0 saturated carbocycles. The SMILES string of the molecule is COc1cc(C)c(S(=O)(=O)N2CCc3cccc(C(=O)N4CCC5(CC4)CCN(c4ccncc4)CC5)c3C2)c(C)c1.Cl.